The normalized spacial score (nSPS) is 14.5. The second kappa shape index (κ2) is 11.4. The molecule has 0 saturated heterocycles. The minimum Gasteiger partial charge on any atom is -0.381 e. The number of nitrogens with one attached hydrogen (secondary N) is 1. The summed E-state index contributed by atoms with van der Waals surface area (Å²) in [5.74, 6) is 0. The van der Waals surface area contributed by atoms with Crippen LogP contribution in [0.1, 0.15) is 52.8 Å². The van der Waals surface area contributed by atoms with Crippen LogP contribution in [0.3, 0.4) is 0 Å². The van der Waals surface area contributed by atoms with Crippen LogP contribution in [0, 0.1) is 0 Å². The van der Waals surface area contributed by atoms with Gasteiger partial charge in [-0.05, 0) is 154 Å². The molecule has 0 bridgehead atoms. The van der Waals surface area contributed by atoms with Gasteiger partial charge in [-0.15, -0.1) is 0 Å². The number of fused-ring (bicyclic) bond motifs is 5. The van der Waals surface area contributed by atoms with Gasteiger partial charge in [-0.2, -0.15) is 0 Å². The molecule has 1 nitrogen and oxygen atoms in total. The SMILES string of the molecule is CC1(C)c2ccccc2-c2cc3c(-c4cc5c6c(ccc7c6c4C=CC7)CC=C5)c4ccccc4c(-c4cccc(CNc5ccccc5)c4)c3cc21. The molecule has 0 unspecified atom stereocenters. The molecule has 0 atom stereocenters. The zero-order chi connectivity index (χ0) is 35.3. The van der Waals surface area contributed by atoms with E-state index in [9.17, 15) is 0 Å². The summed E-state index contributed by atoms with van der Waals surface area (Å²) in [6.45, 7) is 5.56. The zero-order valence-corrected chi connectivity index (χ0v) is 30.1. The zero-order valence-electron chi connectivity index (χ0n) is 30.1. The lowest BCUT2D eigenvalue weighted by Gasteiger charge is -2.26. The maximum absolute atomic E-state index is 3.64. The van der Waals surface area contributed by atoms with Gasteiger partial charge in [-0.1, -0.05) is 135 Å². The highest BCUT2D eigenvalue weighted by molar-refractivity contribution is 6.24. The van der Waals surface area contributed by atoms with Crippen molar-refractivity contribution < 1.29 is 0 Å². The van der Waals surface area contributed by atoms with Crippen molar-refractivity contribution in [3.8, 4) is 33.4 Å². The van der Waals surface area contributed by atoms with Gasteiger partial charge in [-0.25, -0.2) is 0 Å². The summed E-state index contributed by atoms with van der Waals surface area (Å²) in [6.07, 6.45) is 11.5. The van der Waals surface area contributed by atoms with Crippen molar-refractivity contribution in [1.82, 2.24) is 0 Å². The Morgan fingerprint density at radius 3 is 2.09 bits per heavy atom. The number of hydrogen-bond donors (Lipinski definition) is 1. The first kappa shape index (κ1) is 30.4. The lowest BCUT2D eigenvalue weighted by molar-refractivity contribution is 0.661. The summed E-state index contributed by atoms with van der Waals surface area (Å²) in [5.41, 5.74) is 18.6. The predicted molar refractivity (Wildman–Crippen MR) is 227 cm³/mol. The average Bonchev–Trinajstić information content (AvgIpc) is 3.43. The Morgan fingerprint density at radius 1 is 0.528 bits per heavy atom. The summed E-state index contributed by atoms with van der Waals surface area (Å²) in [5, 5.41) is 11.7. The molecule has 8 aromatic carbocycles. The Kier molecular flexibility index (Phi) is 6.55. The molecule has 3 aliphatic carbocycles. The van der Waals surface area contributed by atoms with Crippen molar-refractivity contribution in [3.63, 3.8) is 0 Å². The smallest absolute Gasteiger partial charge is 0.0401 e. The van der Waals surface area contributed by atoms with Gasteiger partial charge in [0.25, 0.3) is 0 Å². The number of anilines is 1. The third-order valence-electron chi connectivity index (χ3n) is 12.3. The second-order valence-corrected chi connectivity index (χ2v) is 15.6. The minimum atomic E-state index is -0.109. The molecule has 3 aliphatic rings. The van der Waals surface area contributed by atoms with E-state index in [1.807, 2.05) is 0 Å². The van der Waals surface area contributed by atoms with Crippen molar-refractivity contribution in [3.05, 3.63) is 185 Å². The fraction of sp³-hybridized carbons (Fsp3) is 0.115. The lowest BCUT2D eigenvalue weighted by atomic mass is 9.77. The van der Waals surface area contributed by atoms with Gasteiger partial charge < -0.3 is 5.32 Å². The van der Waals surface area contributed by atoms with E-state index in [1.165, 1.54) is 105 Å². The van der Waals surface area contributed by atoms with Crippen LogP contribution in [0.5, 0.6) is 0 Å². The molecular weight excluding hydrogens is 639 g/mol. The Labute approximate surface area is 311 Å². The summed E-state index contributed by atoms with van der Waals surface area (Å²) in [4.78, 5) is 0. The molecule has 0 fully saturated rings. The van der Waals surface area contributed by atoms with Crippen molar-refractivity contribution in [2.45, 2.75) is 38.6 Å². The summed E-state index contributed by atoms with van der Waals surface area (Å²) in [7, 11) is 0. The molecule has 252 valence electrons. The van der Waals surface area contributed by atoms with Gasteiger partial charge in [0.2, 0.25) is 0 Å². The topological polar surface area (TPSA) is 12.0 Å². The quantitative estimate of drug-likeness (QED) is 0.179. The molecule has 0 heterocycles. The third kappa shape index (κ3) is 4.50. The Morgan fingerprint density at radius 2 is 1.25 bits per heavy atom. The van der Waals surface area contributed by atoms with Gasteiger partial charge in [0.15, 0.2) is 0 Å². The average molecular weight is 678 g/mol. The van der Waals surface area contributed by atoms with Crippen molar-refractivity contribution in [2.75, 3.05) is 5.32 Å². The highest BCUT2D eigenvalue weighted by Crippen LogP contribution is 2.54. The summed E-state index contributed by atoms with van der Waals surface area (Å²) < 4.78 is 0. The standard InChI is InChI=1S/C52H39N/c1-52(2)46-24-9-8-20-38(46)42-29-44-45(30-47(42)52)49(35-16-10-13-32(27-35)31-53-37-18-4-3-5-19-37)39-21-6-7-22-40(39)51(44)43-28-36-17-11-14-33-25-26-34-15-12-23-41(43)50(34)48(33)36/h3-13,16-30,53H,14-15,31H2,1-2H3. The van der Waals surface area contributed by atoms with Crippen LogP contribution >= 0.6 is 0 Å². The van der Waals surface area contributed by atoms with E-state index >= 15 is 0 Å². The lowest BCUT2D eigenvalue weighted by Crippen LogP contribution is -2.14. The molecule has 0 saturated carbocycles. The third-order valence-corrected chi connectivity index (χ3v) is 12.3. The molecule has 0 amide bonds. The highest BCUT2D eigenvalue weighted by atomic mass is 14.9. The maximum atomic E-state index is 3.64. The molecule has 0 radical (unpaired) electrons. The second-order valence-electron chi connectivity index (χ2n) is 15.6. The number of para-hydroxylation sites is 1. The van der Waals surface area contributed by atoms with E-state index in [-0.39, 0.29) is 5.41 Å². The number of benzene rings is 8. The Balaban J connectivity index is 1.25. The van der Waals surface area contributed by atoms with Crippen LogP contribution in [0.15, 0.2) is 146 Å². The highest BCUT2D eigenvalue weighted by Gasteiger charge is 2.36. The van der Waals surface area contributed by atoms with Crippen LogP contribution in [0.2, 0.25) is 0 Å². The first-order valence-corrected chi connectivity index (χ1v) is 19.0. The molecule has 1 heteroatoms. The number of hydrogen-bond acceptors (Lipinski definition) is 1. The number of allylic oxidation sites excluding steroid dienone is 2. The molecule has 1 N–H and O–H groups in total. The van der Waals surface area contributed by atoms with Gasteiger partial charge in [0.05, 0.1) is 0 Å². The van der Waals surface area contributed by atoms with E-state index in [0.717, 1.165) is 25.1 Å². The fourth-order valence-corrected chi connectivity index (χ4v) is 9.80. The Bertz CT molecular complexity index is 2900. The fourth-order valence-electron chi connectivity index (χ4n) is 9.80. The van der Waals surface area contributed by atoms with E-state index in [4.69, 9.17) is 0 Å². The molecule has 11 rings (SSSR count). The van der Waals surface area contributed by atoms with Gasteiger partial charge in [-0.3, -0.25) is 0 Å². The van der Waals surface area contributed by atoms with Crippen LogP contribution in [0.4, 0.5) is 5.69 Å². The van der Waals surface area contributed by atoms with Crippen molar-refractivity contribution >= 4 is 50.2 Å². The van der Waals surface area contributed by atoms with Gasteiger partial charge in [0.1, 0.15) is 0 Å². The minimum absolute atomic E-state index is 0.109. The van der Waals surface area contributed by atoms with E-state index in [1.54, 1.807) is 0 Å². The van der Waals surface area contributed by atoms with Crippen LogP contribution in [-0.4, -0.2) is 0 Å². The van der Waals surface area contributed by atoms with Crippen molar-refractivity contribution in [1.29, 1.82) is 0 Å². The number of rotatable bonds is 5. The molecule has 0 aliphatic heterocycles. The molecule has 8 aromatic rings. The van der Waals surface area contributed by atoms with Crippen molar-refractivity contribution in [2.24, 2.45) is 0 Å². The summed E-state index contributed by atoms with van der Waals surface area (Å²) >= 11 is 0. The predicted octanol–water partition coefficient (Wildman–Crippen LogP) is 13.5. The Hall–Kier alpha value is -6.18. The first-order valence-electron chi connectivity index (χ1n) is 19.0. The van der Waals surface area contributed by atoms with E-state index in [0.29, 0.717) is 0 Å². The molecule has 53 heavy (non-hydrogen) atoms. The van der Waals surface area contributed by atoms with E-state index in [2.05, 4.69) is 177 Å². The van der Waals surface area contributed by atoms with E-state index < -0.39 is 0 Å². The molecule has 0 spiro atoms. The summed E-state index contributed by atoms with van der Waals surface area (Å²) in [6, 6.07) is 50.2. The largest absolute Gasteiger partial charge is 0.381 e. The first-order chi connectivity index (χ1) is 26.0. The van der Waals surface area contributed by atoms with Gasteiger partial charge >= 0.3 is 0 Å². The molecule has 0 aromatic heterocycles. The van der Waals surface area contributed by atoms with Crippen LogP contribution in [0.25, 0.3) is 77.9 Å². The molecular formula is C52H39N. The van der Waals surface area contributed by atoms with Gasteiger partial charge in [0, 0.05) is 17.6 Å². The monoisotopic (exact) mass is 677 g/mol. The van der Waals surface area contributed by atoms with Crippen LogP contribution < -0.4 is 5.32 Å². The van der Waals surface area contributed by atoms with Crippen LogP contribution in [-0.2, 0) is 24.8 Å². The maximum Gasteiger partial charge on any atom is 0.0401 e.